The minimum absolute atomic E-state index is 0.209. The van der Waals surface area contributed by atoms with E-state index in [0.717, 1.165) is 5.69 Å². The van der Waals surface area contributed by atoms with Crippen LogP contribution in [0.25, 0.3) is 0 Å². The Balaban J connectivity index is 0.000000980. The number of carbonyl (C=O) groups is 2. The highest BCUT2D eigenvalue weighted by molar-refractivity contribution is 5.83. The number of imidazole rings is 1. The van der Waals surface area contributed by atoms with Gasteiger partial charge in [-0.1, -0.05) is 0 Å². The number of nitrogens with two attached hydrogens (primary N) is 1. The van der Waals surface area contributed by atoms with Crippen LogP contribution in [-0.2, 0) is 23.1 Å². The summed E-state index contributed by atoms with van der Waals surface area (Å²) in [5.74, 6) is -1.35. The molecule has 1 aromatic rings. The van der Waals surface area contributed by atoms with Crippen molar-refractivity contribution in [1.82, 2.24) is 14.9 Å². The number of amides is 1. The number of carboxylic acid groups (broad SMARTS) is 1. The van der Waals surface area contributed by atoms with Gasteiger partial charge in [-0.3, -0.25) is 4.79 Å². The zero-order chi connectivity index (χ0) is 17.1. The highest BCUT2D eigenvalue weighted by Gasteiger charge is 2.21. The number of aryl methyl sites for hydroxylation is 1. The molecule has 124 valence electrons. The first-order valence-electron chi connectivity index (χ1n) is 6.28. The van der Waals surface area contributed by atoms with Gasteiger partial charge in [-0.15, -0.1) is 10.1 Å². The van der Waals surface area contributed by atoms with Crippen LogP contribution >= 0.6 is 0 Å². The monoisotopic (exact) mass is 317 g/mol. The second-order valence-corrected chi connectivity index (χ2v) is 4.29. The van der Waals surface area contributed by atoms with E-state index >= 15 is 0 Å². The summed E-state index contributed by atoms with van der Waals surface area (Å²) in [6, 6.07) is -0.939. The minimum atomic E-state index is -1.50. The molecule has 0 bridgehead atoms. The van der Waals surface area contributed by atoms with Gasteiger partial charge in [0.2, 0.25) is 5.91 Å². The highest BCUT2D eigenvalue weighted by atomic mass is 16.9. The molecule has 22 heavy (non-hydrogen) atoms. The summed E-state index contributed by atoms with van der Waals surface area (Å²) in [7, 11) is 1.78. The maximum atomic E-state index is 11.5. The molecule has 0 unspecified atom stereocenters. The molecule has 1 rings (SSSR count). The van der Waals surface area contributed by atoms with Gasteiger partial charge in [0.15, 0.2) is 0 Å². The first-order valence-corrected chi connectivity index (χ1v) is 6.28. The lowest BCUT2D eigenvalue weighted by atomic mass is 10.1. The molecule has 11 nitrogen and oxygen atoms in total. The van der Waals surface area contributed by atoms with E-state index < -0.39 is 17.1 Å². The Kier molecular flexibility index (Phi) is 8.86. The first-order chi connectivity index (χ1) is 10.3. The van der Waals surface area contributed by atoms with E-state index in [1.807, 2.05) is 0 Å². The predicted molar refractivity (Wildman–Crippen MR) is 73.5 cm³/mol. The van der Waals surface area contributed by atoms with Crippen molar-refractivity contribution in [2.75, 3.05) is 6.54 Å². The van der Waals surface area contributed by atoms with Crippen molar-refractivity contribution < 1.29 is 25.0 Å². The van der Waals surface area contributed by atoms with Crippen LogP contribution in [0.2, 0.25) is 0 Å². The van der Waals surface area contributed by atoms with Crippen LogP contribution in [0.1, 0.15) is 18.5 Å². The number of carbonyl (C=O) groups excluding carboxylic acids is 1. The highest BCUT2D eigenvalue weighted by Crippen LogP contribution is 2.02. The van der Waals surface area contributed by atoms with Gasteiger partial charge in [0.25, 0.3) is 5.09 Å². The summed E-state index contributed by atoms with van der Waals surface area (Å²) in [6.07, 6.45) is 4.17. The molecule has 0 aliphatic heterocycles. The molecule has 0 saturated carbocycles. The molecule has 0 spiro atoms. The Morgan fingerprint density at radius 2 is 2.18 bits per heavy atom. The van der Waals surface area contributed by atoms with E-state index in [0.29, 0.717) is 13.0 Å². The number of carboxylic acids is 1. The molecule has 1 heterocycles. The summed E-state index contributed by atoms with van der Waals surface area (Å²) < 4.78 is 1.72. The van der Waals surface area contributed by atoms with E-state index in [2.05, 4.69) is 10.3 Å². The Morgan fingerprint density at radius 3 is 2.59 bits per heavy atom. The van der Waals surface area contributed by atoms with Gasteiger partial charge in [-0.25, -0.2) is 9.78 Å². The van der Waals surface area contributed by atoms with Crippen LogP contribution in [0.4, 0.5) is 0 Å². The quantitative estimate of drug-likeness (QED) is 0.363. The van der Waals surface area contributed by atoms with Gasteiger partial charge in [0.1, 0.15) is 6.04 Å². The van der Waals surface area contributed by atoms with Crippen LogP contribution in [0, 0.1) is 10.1 Å². The summed E-state index contributed by atoms with van der Waals surface area (Å²) in [4.78, 5) is 34.8. The summed E-state index contributed by atoms with van der Waals surface area (Å²) >= 11 is 0. The average molecular weight is 317 g/mol. The Labute approximate surface area is 125 Å². The number of hydrogen-bond donors (Lipinski definition) is 4. The number of rotatable bonds is 7. The zero-order valence-electron chi connectivity index (χ0n) is 12.0. The van der Waals surface area contributed by atoms with Crippen molar-refractivity contribution in [3.63, 3.8) is 0 Å². The normalized spacial score (nSPS) is 11.0. The van der Waals surface area contributed by atoms with Gasteiger partial charge in [-0.05, 0) is 13.0 Å². The molecular weight excluding hydrogens is 298 g/mol. The number of hydrogen-bond acceptors (Lipinski definition) is 6. The summed E-state index contributed by atoms with van der Waals surface area (Å²) in [5, 5.41) is 25.2. The van der Waals surface area contributed by atoms with Crippen LogP contribution in [0.15, 0.2) is 12.5 Å². The van der Waals surface area contributed by atoms with Crippen molar-refractivity contribution in [1.29, 1.82) is 0 Å². The fraction of sp³-hybridized carbons (Fsp3) is 0.545. The largest absolute Gasteiger partial charge is 0.480 e. The lowest BCUT2D eigenvalue weighted by molar-refractivity contribution is -0.742. The van der Waals surface area contributed by atoms with E-state index in [1.54, 1.807) is 24.1 Å². The lowest BCUT2D eigenvalue weighted by Crippen LogP contribution is -2.42. The van der Waals surface area contributed by atoms with Crippen LogP contribution in [0.3, 0.4) is 0 Å². The zero-order valence-corrected chi connectivity index (χ0v) is 12.0. The fourth-order valence-corrected chi connectivity index (χ4v) is 1.52. The standard InChI is InChI=1S/C11H18N4O3.HNO3/c1-15-7-13-6-8(15)5-9(11(17)18)14-10(16)3-2-4-12;2-1(3)4/h6-7,9H,2-5,12H2,1H3,(H,14,16)(H,17,18);(H,2,3,4)/t9-;/m0./s1. The summed E-state index contributed by atoms with van der Waals surface area (Å²) in [6.45, 7) is 0.410. The van der Waals surface area contributed by atoms with Crippen molar-refractivity contribution in [2.24, 2.45) is 12.8 Å². The third-order valence-corrected chi connectivity index (χ3v) is 2.57. The van der Waals surface area contributed by atoms with Crippen LogP contribution < -0.4 is 11.1 Å². The number of nitrogens with zero attached hydrogens (tertiary/aromatic N) is 3. The third kappa shape index (κ3) is 8.47. The molecule has 0 aliphatic carbocycles. The first kappa shape index (κ1) is 19.3. The van der Waals surface area contributed by atoms with Gasteiger partial charge >= 0.3 is 5.97 Å². The molecule has 0 saturated heterocycles. The number of aliphatic carboxylic acids is 1. The minimum Gasteiger partial charge on any atom is -0.480 e. The maximum Gasteiger partial charge on any atom is 0.326 e. The van der Waals surface area contributed by atoms with Gasteiger partial charge in [0, 0.05) is 31.8 Å². The second kappa shape index (κ2) is 10.1. The second-order valence-electron chi connectivity index (χ2n) is 4.29. The van der Waals surface area contributed by atoms with Crippen LogP contribution in [0.5, 0.6) is 0 Å². The predicted octanol–water partition coefficient (Wildman–Crippen LogP) is -1.08. The number of nitrogens with one attached hydrogen (secondary N) is 1. The van der Waals surface area contributed by atoms with Crippen molar-refractivity contribution >= 4 is 11.9 Å². The fourth-order valence-electron chi connectivity index (χ4n) is 1.52. The molecular formula is C11H19N5O6. The molecule has 11 heteroatoms. The smallest absolute Gasteiger partial charge is 0.326 e. The molecule has 0 radical (unpaired) electrons. The average Bonchev–Trinajstić information content (AvgIpc) is 2.80. The Morgan fingerprint density at radius 1 is 1.59 bits per heavy atom. The summed E-state index contributed by atoms with van der Waals surface area (Å²) in [5.41, 5.74) is 6.04. The Bertz CT molecular complexity index is 499. The topological polar surface area (TPSA) is 174 Å². The molecule has 1 atom stereocenters. The molecule has 1 aromatic heterocycles. The van der Waals surface area contributed by atoms with E-state index in [-0.39, 0.29) is 18.7 Å². The SMILES string of the molecule is Cn1cncc1C[C@H](NC(=O)CCCN)C(=O)O.O=[N+]([O-])O. The van der Waals surface area contributed by atoms with Crippen LogP contribution in [-0.4, -0.2) is 49.4 Å². The lowest BCUT2D eigenvalue weighted by Gasteiger charge is -2.14. The van der Waals surface area contributed by atoms with Crippen molar-refractivity contribution in [3.8, 4) is 0 Å². The van der Waals surface area contributed by atoms with E-state index in [4.69, 9.17) is 26.2 Å². The maximum absolute atomic E-state index is 11.5. The number of aromatic nitrogens is 2. The van der Waals surface area contributed by atoms with E-state index in [1.165, 1.54) is 0 Å². The van der Waals surface area contributed by atoms with Gasteiger partial charge < -0.3 is 25.9 Å². The van der Waals surface area contributed by atoms with Crippen molar-refractivity contribution in [3.05, 3.63) is 28.3 Å². The van der Waals surface area contributed by atoms with Gasteiger partial charge in [-0.2, -0.15) is 0 Å². The molecule has 5 N–H and O–H groups in total. The molecule has 0 aliphatic rings. The molecule has 0 fully saturated rings. The van der Waals surface area contributed by atoms with Crippen molar-refractivity contribution in [2.45, 2.75) is 25.3 Å². The van der Waals surface area contributed by atoms with Gasteiger partial charge in [0.05, 0.1) is 6.33 Å². The van der Waals surface area contributed by atoms with E-state index in [9.17, 15) is 9.59 Å². The molecule has 0 aromatic carbocycles. The molecule has 1 amide bonds. The third-order valence-electron chi connectivity index (χ3n) is 2.57. The Hall–Kier alpha value is -2.69.